The van der Waals surface area contributed by atoms with Gasteiger partial charge in [-0.05, 0) is 56.5 Å². The van der Waals surface area contributed by atoms with E-state index in [-0.39, 0.29) is 0 Å². The van der Waals surface area contributed by atoms with Crippen molar-refractivity contribution in [2.24, 2.45) is 0 Å². The summed E-state index contributed by atoms with van der Waals surface area (Å²) in [6, 6.07) is 8.55. The molecule has 1 aromatic rings. The van der Waals surface area contributed by atoms with E-state index in [2.05, 4.69) is 43.4 Å². The van der Waals surface area contributed by atoms with E-state index >= 15 is 0 Å². The molecule has 0 fully saturated rings. The molecule has 0 saturated carbocycles. The fourth-order valence-corrected chi connectivity index (χ4v) is 2.24. The number of aryl methyl sites for hydroxylation is 1. The molecule has 1 rings (SSSR count). The van der Waals surface area contributed by atoms with Gasteiger partial charge in [-0.2, -0.15) is 0 Å². The van der Waals surface area contributed by atoms with Crippen LogP contribution in [0.3, 0.4) is 0 Å². The van der Waals surface area contributed by atoms with Crippen LogP contribution in [0.2, 0.25) is 0 Å². The highest BCUT2D eigenvalue weighted by atomic mass is 16.5. The Morgan fingerprint density at radius 1 is 0.850 bits per heavy atom. The van der Waals surface area contributed by atoms with Crippen molar-refractivity contribution in [2.75, 3.05) is 19.7 Å². The van der Waals surface area contributed by atoms with Gasteiger partial charge in [0.05, 0.1) is 6.61 Å². The summed E-state index contributed by atoms with van der Waals surface area (Å²) in [4.78, 5) is 0. The average molecular weight is 277 g/mol. The van der Waals surface area contributed by atoms with E-state index in [0.717, 1.165) is 38.3 Å². The van der Waals surface area contributed by atoms with Crippen molar-refractivity contribution in [3.8, 4) is 5.75 Å². The van der Waals surface area contributed by atoms with Crippen molar-refractivity contribution in [3.63, 3.8) is 0 Å². The summed E-state index contributed by atoms with van der Waals surface area (Å²) >= 11 is 0. The van der Waals surface area contributed by atoms with Gasteiger partial charge in [0, 0.05) is 0 Å². The third-order valence-electron chi connectivity index (χ3n) is 3.41. The Bertz CT molecular complexity index is 321. The lowest BCUT2D eigenvalue weighted by Gasteiger charge is -2.07. The summed E-state index contributed by atoms with van der Waals surface area (Å²) in [5, 5.41) is 3.44. The number of hydrogen-bond donors (Lipinski definition) is 1. The summed E-state index contributed by atoms with van der Waals surface area (Å²) in [5.41, 5.74) is 1.40. The predicted molar refractivity (Wildman–Crippen MR) is 87.6 cm³/mol. The molecule has 20 heavy (non-hydrogen) atoms. The fourth-order valence-electron chi connectivity index (χ4n) is 2.24. The lowest BCUT2D eigenvalue weighted by Crippen LogP contribution is -2.15. The minimum atomic E-state index is 0.843. The molecule has 0 aliphatic heterocycles. The quantitative estimate of drug-likeness (QED) is 0.565. The van der Waals surface area contributed by atoms with Crippen molar-refractivity contribution in [1.82, 2.24) is 5.32 Å². The van der Waals surface area contributed by atoms with E-state index in [4.69, 9.17) is 4.74 Å². The summed E-state index contributed by atoms with van der Waals surface area (Å²) in [6.07, 6.45) is 8.60. The van der Waals surface area contributed by atoms with Crippen molar-refractivity contribution in [3.05, 3.63) is 29.8 Å². The van der Waals surface area contributed by atoms with Gasteiger partial charge in [-0.3, -0.25) is 0 Å². The molecule has 0 radical (unpaired) electrons. The highest BCUT2D eigenvalue weighted by molar-refractivity contribution is 5.27. The van der Waals surface area contributed by atoms with Crippen LogP contribution in [0.5, 0.6) is 5.75 Å². The Balaban J connectivity index is 1.98. The Morgan fingerprint density at radius 2 is 1.60 bits per heavy atom. The number of ether oxygens (including phenoxy) is 1. The van der Waals surface area contributed by atoms with Gasteiger partial charge in [0.15, 0.2) is 0 Å². The maximum absolute atomic E-state index is 5.77. The molecule has 2 heteroatoms. The van der Waals surface area contributed by atoms with Crippen LogP contribution < -0.4 is 10.1 Å². The van der Waals surface area contributed by atoms with Crippen molar-refractivity contribution in [2.45, 2.75) is 58.8 Å². The Hall–Kier alpha value is -1.02. The smallest absolute Gasteiger partial charge is 0.119 e. The van der Waals surface area contributed by atoms with Crippen LogP contribution in [0.25, 0.3) is 0 Å². The monoisotopic (exact) mass is 277 g/mol. The molecule has 0 heterocycles. The lowest BCUT2D eigenvalue weighted by molar-refractivity contribution is 0.304. The minimum absolute atomic E-state index is 0.843. The van der Waals surface area contributed by atoms with Crippen LogP contribution in [0, 0.1) is 0 Å². The predicted octanol–water partition coefficient (Wildman–Crippen LogP) is 4.58. The molecular weight excluding hydrogens is 246 g/mol. The minimum Gasteiger partial charge on any atom is -0.494 e. The van der Waals surface area contributed by atoms with E-state index < -0.39 is 0 Å². The van der Waals surface area contributed by atoms with E-state index in [0.29, 0.717) is 0 Å². The first-order valence-electron chi connectivity index (χ1n) is 8.29. The number of rotatable bonds is 12. The van der Waals surface area contributed by atoms with Gasteiger partial charge in [0.1, 0.15) is 5.75 Å². The maximum atomic E-state index is 5.77. The summed E-state index contributed by atoms with van der Waals surface area (Å²) < 4.78 is 5.77. The third-order valence-corrected chi connectivity index (χ3v) is 3.41. The molecule has 0 amide bonds. The molecule has 0 aliphatic rings. The van der Waals surface area contributed by atoms with Crippen LogP contribution in [0.1, 0.15) is 57.9 Å². The fraction of sp³-hybridized carbons (Fsp3) is 0.667. The number of unbranched alkanes of at least 4 members (excludes halogenated alkanes) is 3. The largest absolute Gasteiger partial charge is 0.494 e. The molecule has 0 aromatic heterocycles. The van der Waals surface area contributed by atoms with Gasteiger partial charge in [0.25, 0.3) is 0 Å². The van der Waals surface area contributed by atoms with Crippen LogP contribution in [0.4, 0.5) is 0 Å². The van der Waals surface area contributed by atoms with E-state index in [1.54, 1.807) is 0 Å². The van der Waals surface area contributed by atoms with Gasteiger partial charge in [0.2, 0.25) is 0 Å². The molecule has 114 valence electrons. The van der Waals surface area contributed by atoms with Crippen LogP contribution >= 0.6 is 0 Å². The molecule has 2 nitrogen and oxygen atoms in total. The first-order valence-corrected chi connectivity index (χ1v) is 8.29. The summed E-state index contributed by atoms with van der Waals surface area (Å²) in [7, 11) is 0. The second-order valence-corrected chi connectivity index (χ2v) is 5.41. The van der Waals surface area contributed by atoms with E-state index in [1.165, 1.54) is 37.7 Å². The molecule has 0 unspecified atom stereocenters. The van der Waals surface area contributed by atoms with Crippen molar-refractivity contribution < 1.29 is 4.74 Å². The van der Waals surface area contributed by atoms with Crippen molar-refractivity contribution in [1.29, 1.82) is 0 Å². The second-order valence-electron chi connectivity index (χ2n) is 5.41. The molecule has 0 saturated heterocycles. The number of benzene rings is 1. The van der Waals surface area contributed by atoms with Crippen LogP contribution in [-0.2, 0) is 6.42 Å². The van der Waals surface area contributed by atoms with Gasteiger partial charge in [-0.15, -0.1) is 0 Å². The van der Waals surface area contributed by atoms with Gasteiger partial charge in [-0.25, -0.2) is 0 Å². The normalized spacial score (nSPS) is 10.7. The van der Waals surface area contributed by atoms with Gasteiger partial charge >= 0.3 is 0 Å². The van der Waals surface area contributed by atoms with Crippen LogP contribution in [0.15, 0.2) is 24.3 Å². The average Bonchev–Trinajstić information content (AvgIpc) is 2.47. The zero-order chi connectivity index (χ0) is 14.5. The highest BCUT2D eigenvalue weighted by Gasteiger charge is 1.96. The molecule has 0 spiro atoms. The Morgan fingerprint density at radius 3 is 2.30 bits per heavy atom. The second kappa shape index (κ2) is 11.8. The molecule has 1 aromatic carbocycles. The molecule has 0 atom stereocenters. The Labute approximate surface area is 124 Å². The van der Waals surface area contributed by atoms with Crippen molar-refractivity contribution >= 4 is 0 Å². The van der Waals surface area contributed by atoms with Gasteiger partial charge in [-0.1, -0.05) is 45.2 Å². The number of nitrogens with one attached hydrogen (secondary N) is 1. The van der Waals surface area contributed by atoms with E-state index in [1.807, 2.05) is 0 Å². The molecule has 0 bridgehead atoms. The maximum Gasteiger partial charge on any atom is 0.119 e. The molecular formula is C18H31NO. The first kappa shape index (κ1) is 17.0. The summed E-state index contributed by atoms with van der Waals surface area (Å²) in [6.45, 7) is 7.57. The lowest BCUT2D eigenvalue weighted by atomic mass is 10.1. The molecule has 1 N–H and O–H groups in total. The molecule has 0 aliphatic carbocycles. The third kappa shape index (κ3) is 8.21. The Kier molecular flexibility index (Phi) is 10.0. The standard InChI is InChI=1S/C18H31NO/c1-3-9-17-10-12-18(13-11-17)20-16-8-6-5-7-15-19-14-4-2/h10-13,19H,3-9,14-16H2,1-2H3. The van der Waals surface area contributed by atoms with E-state index in [9.17, 15) is 0 Å². The summed E-state index contributed by atoms with van der Waals surface area (Å²) in [5.74, 6) is 1.01. The topological polar surface area (TPSA) is 21.3 Å². The zero-order valence-corrected chi connectivity index (χ0v) is 13.3. The first-order chi connectivity index (χ1) is 9.86. The van der Waals surface area contributed by atoms with Crippen LogP contribution in [-0.4, -0.2) is 19.7 Å². The van der Waals surface area contributed by atoms with Gasteiger partial charge < -0.3 is 10.1 Å². The highest BCUT2D eigenvalue weighted by Crippen LogP contribution is 2.14. The SMILES string of the molecule is CCCNCCCCCCOc1ccc(CCC)cc1. The number of hydrogen-bond acceptors (Lipinski definition) is 2. The zero-order valence-electron chi connectivity index (χ0n) is 13.3.